The maximum atomic E-state index is 15.0. The van der Waals surface area contributed by atoms with Crippen LogP contribution in [-0.4, -0.2) is 33.9 Å². The minimum Gasteiger partial charge on any atom is -0.294 e. The Balaban J connectivity index is 2.39. The predicted octanol–water partition coefficient (Wildman–Crippen LogP) is 10.2. The summed E-state index contributed by atoms with van der Waals surface area (Å²) in [4.78, 5) is 12.6. The van der Waals surface area contributed by atoms with Crippen LogP contribution in [0.5, 0.6) is 0 Å². The molecule has 0 N–H and O–H groups in total. The smallest absolute Gasteiger partial charge is 0.294 e. The number of carbonyl (C=O) groups excluding carboxylic acids is 1. The van der Waals surface area contributed by atoms with Crippen LogP contribution >= 0.6 is 34.8 Å². The van der Waals surface area contributed by atoms with E-state index in [4.69, 9.17) is 34.8 Å². The molecule has 2 rings (SSSR count). The SMILES string of the molecule is C[C@@H](CC(=O)c1ccc(/C(F)=C/C(c2cc(Cl)c(Cl)c(Cl)c2)C(F)(F)F)cc1C(F)(F)F)CS(=O)CCC(F)(F)F. The number of ketones is 1. The average Bonchev–Trinajstić information content (AvgIpc) is 2.82. The number of hydrogen-bond donors (Lipinski definition) is 0. The van der Waals surface area contributed by atoms with Crippen LogP contribution < -0.4 is 0 Å². The van der Waals surface area contributed by atoms with Gasteiger partial charge in [-0.15, -0.1) is 0 Å². The molecule has 0 amide bonds. The van der Waals surface area contributed by atoms with Crippen molar-refractivity contribution in [3.05, 3.63) is 73.7 Å². The van der Waals surface area contributed by atoms with Crippen LogP contribution in [0.15, 0.2) is 36.4 Å². The summed E-state index contributed by atoms with van der Waals surface area (Å²) in [6.07, 6.45) is -16.9. The molecule has 0 radical (unpaired) electrons. The van der Waals surface area contributed by atoms with Crippen LogP contribution in [0.3, 0.4) is 0 Å². The fourth-order valence-corrected chi connectivity index (χ4v) is 5.65. The molecule has 16 heteroatoms. The highest BCUT2D eigenvalue weighted by Gasteiger charge is 2.41. The van der Waals surface area contributed by atoms with Crippen LogP contribution in [0.25, 0.3) is 5.83 Å². The maximum Gasteiger partial charge on any atom is 0.417 e. The summed E-state index contributed by atoms with van der Waals surface area (Å²) in [6.45, 7) is 1.31. The third-order valence-electron chi connectivity index (χ3n) is 5.55. The number of halogens is 13. The summed E-state index contributed by atoms with van der Waals surface area (Å²) in [5.41, 5.74) is -4.15. The van der Waals surface area contributed by atoms with Gasteiger partial charge in [0.1, 0.15) is 11.7 Å². The molecule has 0 spiro atoms. The Bertz CT molecular complexity index is 1300. The molecule has 0 saturated carbocycles. The minimum atomic E-state index is -5.24. The molecule has 2 nitrogen and oxygen atoms in total. The Morgan fingerprint density at radius 3 is 2.00 bits per heavy atom. The number of allylic oxidation sites excluding steroid dienone is 1. The van der Waals surface area contributed by atoms with Crippen LogP contribution in [0, 0.1) is 5.92 Å². The zero-order valence-corrected chi connectivity index (χ0v) is 23.7. The molecule has 0 saturated heterocycles. The first-order valence-electron chi connectivity index (χ1n) is 11.3. The lowest BCUT2D eigenvalue weighted by atomic mass is 9.93. The number of benzene rings is 2. The summed E-state index contributed by atoms with van der Waals surface area (Å²) in [7, 11) is -2.00. The van der Waals surface area contributed by atoms with E-state index < -0.39 is 99.4 Å². The molecule has 0 aliphatic heterocycles. The molecule has 0 heterocycles. The third-order valence-corrected chi connectivity index (χ3v) is 8.35. The molecule has 2 aromatic carbocycles. The van der Waals surface area contributed by atoms with Gasteiger partial charge in [-0.3, -0.25) is 9.00 Å². The van der Waals surface area contributed by atoms with Crippen LogP contribution in [0.2, 0.25) is 15.1 Å². The molecule has 3 atom stereocenters. The summed E-state index contributed by atoms with van der Waals surface area (Å²) < 4.78 is 146. The van der Waals surface area contributed by atoms with Crippen LogP contribution in [0.4, 0.5) is 43.9 Å². The standard InChI is InChI=1S/C25H19Cl3F10O2S/c1-12(11-41(40)5-4-23(30,31)32)6-21(39)15-3-2-13(7-17(15)25(36,37)38)20(29)10-16(24(33,34)35)14-8-18(26)22(28)19(27)9-14/h2-3,7-10,12,16H,4-6,11H2,1H3/b20-10-/t12-,16?,41?/m0/s1. The van der Waals surface area contributed by atoms with Gasteiger partial charge in [-0.25, -0.2) is 4.39 Å². The summed E-state index contributed by atoms with van der Waals surface area (Å²) in [6, 6.07) is 2.98. The van der Waals surface area contributed by atoms with Gasteiger partial charge in [0, 0.05) is 39.9 Å². The second-order valence-electron chi connectivity index (χ2n) is 9.00. The second-order valence-corrected chi connectivity index (χ2v) is 11.8. The first-order valence-corrected chi connectivity index (χ1v) is 14.0. The quantitative estimate of drug-likeness (QED) is 0.142. The summed E-state index contributed by atoms with van der Waals surface area (Å²) in [5, 5.41) is -1.02. The fourth-order valence-electron chi connectivity index (χ4n) is 3.66. The largest absolute Gasteiger partial charge is 0.417 e. The van der Waals surface area contributed by atoms with E-state index in [0.29, 0.717) is 12.1 Å². The van der Waals surface area contributed by atoms with Crippen molar-refractivity contribution in [2.75, 3.05) is 11.5 Å². The van der Waals surface area contributed by atoms with Crippen molar-refractivity contribution in [2.45, 2.75) is 44.2 Å². The zero-order chi connectivity index (χ0) is 31.5. The maximum absolute atomic E-state index is 15.0. The molecule has 0 aromatic heterocycles. The van der Waals surface area contributed by atoms with E-state index in [1.807, 2.05) is 0 Å². The van der Waals surface area contributed by atoms with Crippen molar-refractivity contribution < 1.29 is 52.9 Å². The molecule has 0 bridgehead atoms. The van der Waals surface area contributed by atoms with Crippen molar-refractivity contribution in [2.24, 2.45) is 5.92 Å². The van der Waals surface area contributed by atoms with E-state index in [-0.39, 0.29) is 27.2 Å². The highest BCUT2D eigenvalue weighted by molar-refractivity contribution is 7.84. The predicted molar refractivity (Wildman–Crippen MR) is 137 cm³/mol. The Kier molecular flexibility index (Phi) is 11.8. The number of alkyl halides is 9. The molecular formula is C25H19Cl3F10O2S. The third kappa shape index (κ3) is 10.4. The van der Waals surface area contributed by atoms with Crippen molar-refractivity contribution in [3.63, 3.8) is 0 Å². The fraction of sp³-hybridized carbons (Fsp3) is 0.400. The molecule has 0 fully saturated rings. The van der Waals surface area contributed by atoms with Gasteiger partial charge >= 0.3 is 18.5 Å². The van der Waals surface area contributed by atoms with Gasteiger partial charge in [0.05, 0.1) is 27.1 Å². The lowest BCUT2D eigenvalue weighted by molar-refractivity contribution is -0.140. The molecule has 0 aliphatic carbocycles. The van der Waals surface area contributed by atoms with Crippen molar-refractivity contribution in [1.29, 1.82) is 0 Å². The van der Waals surface area contributed by atoms with Gasteiger partial charge in [-0.1, -0.05) is 53.9 Å². The van der Waals surface area contributed by atoms with E-state index in [9.17, 15) is 52.9 Å². The van der Waals surface area contributed by atoms with E-state index in [1.165, 1.54) is 6.92 Å². The van der Waals surface area contributed by atoms with E-state index in [2.05, 4.69) is 0 Å². The summed E-state index contributed by atoms with van der Waals surface area (Å²) >= 11 is 17.3. The van der Waals surface area contributed by atoms with Gasteiger partial charge in [0.2, 0.25) is 0 Å². The molecule has 228 valence electrons. The van der Waals surface area contributed by atoms with Crippen molar-refractivity contribution in [3.8, 4) is 0 Å². The van der Waals surface area contributed by atoms with Gasteiger partial charge < -0.3 is 0 Å². The topological polar surface area (TPSA) is 34.1 Å². The number of carbonyl (C=O) groups is 1. The zero-order valence-electron chi connectivity index (χ0n) is 20.6. The second kappa shape index (κ2) is 13.6. The van der Waals surface area contributed by atoms with Crippen LogP contribution in [0.1, 0.15) is 52.7 Å². The Labute approximate surface area is 245 Å². The molecule has 0 aliphatic rings. The number of hydrogen-bond acceptors (Lipinski definition) is 2. The van der Waals surface area contributed by atoms with E-state index in [1.54, 1.807) is 0 Å². The number of Topliss-reactive ketones (excluding diaryl/α,β-unsaturated/α-hetero) is 1. The van der Waals surface area contributed by atoms with Gasteiger partial charge in [0.25, 0.3) is 0 Å². The van der Waals surface area contributed by atoms with Gasteiger partial charge in [0.15, 0.2) is 5.78 Å². The Morgan fingerprint density at radius 1 is 0.951 bits per heavy atom. The van der Waals surface area contributed by atoms with E-state index >= 15 is 0 Å². The number of rotatable bonds is 10. The van der Waals surface area contributed by atoms with Gasteiger partial charge in [-0.2, -0.15) is 39.5 Å². The van der Waals surface area contributed by atoms with Crippen molar-refractivity contribution in [1.82, 2.24) is 0 Å². The Hall–Kier alpha value is -1.83. The molecule has 2 unspecified atom stereocenters. The normalized spacial score (nSPS) is 15.5. The average molecular weight is 680 g/mol. The van der Waals surface area contributed by atoms with Crippen molar-refractivity contribution >= 4 is 57.2 Å². The minimum absolute atomic E-state index is 0.0191. The lowest BCUT2D eigenvalue weighted by Gasteiger charge is -2.19. The lowest BCUT2D eigenvalue weighted by Crippen LogP contribution is -2.20. The van der Waals surface area contributed by atoms with E-state index in [0.717, 1.165) is 12.1 Å². The molecule has 41 heavy (non-hydrogen) atoms. The molecular weight excluding hydrogens is 661 g/mol. The monoisotopic (exact) mass is 678 g/mol. The van der Waals surface area contributed by atoms with Crippen LogP contribution in [-0.2, 0) is 17.0 Å². The molecule has 2 aromatic rings. The first kappa shape index (κ1) is 35.4. The van der Waals surface area contributed by atoms with Gasteiger partial charge in [-0.05, 0) is 35.8 Å². The Morgan fingerprint density at radius 2 is 1.51 bits per heavy atom. The highest BCUT2D eigenvalue weighted by atomic mass is 35.5. The summed E-state index contributed by atoms with van der Waals surface area (Å²) in [5.74, 6) is -7.54. The highest BCUT2D eigenvalue weighted by Crippen LogP contribution is 2.43. The first-order chi connectivity index (χ1) is 18.6.